The average Bonchev–Trinajstić information content (AvgIpc) is 2.41. The lowest BCUT2D eigenvalue weighted by molar-refractivity contribution is -0.140. The van der Waals surface area contributed by atoms with Gasteiger partial charge in [-0.25, -0.2) is 4.79 Å². The second-order valence-corrected chi connectivity index (χ2v) is 6.22. The largest absolute Gasteiger partial charge is 0.480 e. The molecule has 0 bridgehead atoms. The van der Waals surface area contributed by atoms with E-state index in [1.807, 2.05) is 0 Å². The Kier molecular flexibility index (Phi) is 9.55. The summed E-state index contributed by atoms with van der Waals surface area (Å²) in [6.45, 7) is 3.52. The standard InChI is InChI=1S/C12H22N2O6S/c1-8(11(16)13-5-4-6-20-3)21(19)7-10(12(17)18)14-9(2)15/h8,10H,4-7H2,1-3H3,(H,13,16)(H,14,15)(H,17,18)/t8?,10-,21?/m0/s1. The number of nitrogens with one attached hydrogen (secondary N) is 2. The van der Waals surface area contributed by atoms with E-state index in [0.717, 1.165) is 0 Å². The van der Waals surface area contributed by atoms with E-state index in [4.69, 9.17) is 9.84 Å². The molecule has 0 aromatic carbocycles. The normalized spacial score (nSPS) is 14.8. The molecule has 0 aliphatic rings. The van der Waals surface area contributed by atoms with Gasteiger partial charge < -0.3 is 20.5 Å². The van der Waals surface area contributed by atoms with E-state index < -0.39 is 39.9 Å². The van der Waals surface area contributed by atoms with Gasteiger partial charge in [0.25, 0.3) is 0 Å². The molecule has 0 aliphatic carbocycles. The highest BCUT2D eigenvalue weighted by molar-refractivity contribution is 7.86. The minimum Gasteiger partial charge on any atom is -0.480 e. The van der Waals surface area contributed by atoms with E-state index in [9.17, 15) is 18.6 Å². The average molecular weight is 322 g/mol. The monoisotopic (exact) mass is 322 g/mol. The molecule has 8 nitrogen and oxygen atoms in total. The van der Waals surface area contributed by atoms with E-state index in [-0.39, 0.29) is 5.75 Å². The minimum absolute atomic E-state index is 0.318. The molecule has 9 heteroatoms. The summed E-state index contributed by atoms with van der Waals surface area (Å²) in [5, 5.41) is 12.8. The molecule has 0 aromatic rings. The van der Waals surface area contributed by atoms with Crippen LogP contribution >= 0.6 is 0 Å². The Hall–Kier alpha value is -1.48. The Morgan fingerprint density at radius 1 is 1.33 bits per heavy atom. The number of carbonyl (C=O) groups excluding carboxylic acids is 2. The van der Waals surface area contributed by atoms with Crippen molar-refractivity contribution in [3.8, 4) is 0 Å². The zero-order valence-corrected chi connectivity index (χ0v) is 13.2. The molecule has 122 valence electrons. The summed E-state index contributed by atoms with van der Waals surface area (Å²) in [4.78, 5) is 33.6. The van der Waals surface area contributed by atoms with Gasteiger partial charge in [0.1, 0.15) is 11.3 Å². The summed E-state index contributed by atoms with van der Waals surface area (Å²) in [7, 11) is -0.159. The number of hydrogen-bond donors (Lipinski definition) is 3. The number of carboxylic acid groups (broad SMARTS) is 1. The number of methoxy groups -OCH3 is 1. The lowest BCUT2D eigenvalue weighted by atomic mass is 10.3. The number of carboxylic acids is 1. The first kappa shape index (κ1) is 19.5. The van der Waals surface area contributed by atoms with E-state index in [1.165, 1.54) is 13.8 Å². The van der Waals surface area contributed by atoms with E-state index in [0.29, 0.717) is 19.6 Å². The van der Waals surface area contributed by atoms with Gasteiger partial charge in [-0.2, -0.15) is 0 Å². The van der Waals surface area contributed by atoms with Crippen LogP contribution in [-0.4, -0.2) is 64.4 Å². The highest BCUT2D eigenvalue weighted by atomic mass is 32.2. The molecule has 0 radical (unpaired) electrons. The van der Waals surface area contributed by atoms with E-state index in [1.54, 1.807) is 7.11 Å². The molecule has 3 N–H and O–H groups in total. The van der Waals surface area contributed by atoms with Crippen molar-refractivity contribution in [2.24, 2.45) is 0 Å². The molecule has 0 heterocycles. The first-order chi connectivity index (χ1) is 9.79. The maximum absolute atomic E-state index is 12.0. The third-order valence-electron chi connectivity index (χ3n) is 2.59. The van der Waals surface area contributed by atoms with Gasteiger partial charge in [-0.15, -0.1) is 0 Å². The Labute approximate surface area is 126 Å². The SMILES string of the molecule is COCCCNC(=O)C(C)S(=O)C[C@H](NC(C)=O)C(=O)O. The van der Waals surface area contributed by atoms with Crippen molar-refractivity contribution in [3.63, 3.8) is 0 Å². The van der Waals surface area contributed by atoms with Crippen LogP contribution in [0.3, 0.4) is 0 Å². The van der Waals surface area contributed by atoms with Crippen molar-refractivity contribution >= 4 is 28.6 Å². The summed E-state index contributed by atoms with van der Waals surface area (Å²) < 4.78 is 16.8. The van der Waals surface area contributed by atoms with E-state index >= 15 is 0 Å². The molecular weight excluding hydrogens is 300 g/mol. The zero-order chi connectivity index (χ0) is 16.4. The summed E-state index contributed by atoms with van der Waals surface area (Å²) in [5.74, 6) is -2.56. The number of amides is 2. The van der Waals surface area contributed by atoms with Gasteiger partial charge in [0.2, 0.25) is 11.8 Å². The van der Waals surface area contributed by atoms with Crippen LogP contribution < -0.4 is 10.6 Å². The third kappa shape index (κ3) is 8.41. The summed E-state index contributed by atoms with van der Waals surface area (Å²) >= 11 is 0. The molecule has 0 fully saturated rings. The molecule has 3 atom stereocenters. The number of aliphatic carboxylic acids is 1. The van der Waals surface area contributed by atoms with Crippen molar-refractivity contribution in [3.05, 3.63) is 0 Å². The van der Waals surface area contributed by atoms with Crippen molar-refractivity contribution in [1.82, 2.24) is 10.6 Å². The molecule has 0 saturated carbocycles. The first-order valence-electron chi connectivity index (χ1n) is 6.43. The van der Waals surface area contributed by atoms with Crippen LogP contribution in [0.1, 0.15) is 20.3 Å². The quantitative estimate of drug-likeness (QED) is 0.437. The summed E-state index contributed by atoms with van der Waals surface area (Å²) in [5.41, 5.74) is 0. The van der Waals surface area contributed by atoms with Gasteiger partial charge in [-0.05, 0) is 13.3 Å². The van der Waals surface area contributed by atoms with Gasteiger partial charge in [-0.3, -0.25) is 13.8 Å². The van der Waals surface area contributed by atoms with Crippen LogP contribution in [0.5, 0.6) is 0 Å². The Bertz CT molecular complexity index is 401. The number of rotatable bonds is 10. The van der Waals surface area contributed by atoms with Crippen LogP contribution in [0.25, 0.3) is 0 Å². The zero-order valence-electron chi connectivity index (χ0n) is 12.4. The van der Waals surface area contributed by atoms with E-state index in [2.05, 4.69) is 10.6 Å². The molecule has 0 rings (SSSR count). The Balaban J connectivity index is 4.37. The first-order valence-corrected chi connectivity index (χ1v) is 7.81. The van der Waals surface area contributed by atoms with Crippen LogP contribution in [0.15, 0.2) is 0 Å². The lowest BCUT2D eigenvalue weighted by Gasteiger charge is -2.16. The Morgan fingerprint density at radius 3 is 2.43 bits per heavy atom. The molecule has 2 unspecified atom stereocenters. The van der Waals surface area contributed by atoms with Crippen LogP contribution in [0.2, 0.25) is 0 Å². The second-order valence-electron chi connectivity index (χ2n) is 4.42. The Morgan fingerprint density at radius 2 is 1.95 bits per heavy atom. The minimum atomic E-state index is -1.71. The summed E-state index contributed by atoms with van der Waals surface area (Å²) in [6, 6.07) is -1.27. The van der Waals surface area contributed by atoms with Crippen molar-refractivity contribution < 1.29 is 28.4 Å². The number of hydrogen-bond acceptors (Lipinski definition) is 5. The van der Waals surface area contributed by atoms with Crippen molar-refractivity contribution in [2.75, 3.05) is 26.0 Å². The van der Waals surface area contributed by atoms with Gasteiger partial charge in [0.15, 0.2) is 0 Å². The fourth-order valence-electron chi connectivity index (χ4n) is 1.42. The van der Waals surface area contributed by atoms with Crippen molar-refractivity contribution in [2.45, 2.75) is 31.6 Å². The number of ether oxygens (including phenoxy) is 1. The fraction of sp³-hybridized carbons (Fsp3) is 0.750. The maximum Gasteiger partial charge on any atom is 0.327 e. The topological polar surface area (TPSA) is 122 Å². The van der Waals surface area contributed by atoms with Gasteiger partial charge in [0.05, 0.1) is 5.75 Å². The second kappa shape index (κ2) is 10.3. The third-order valence-corrected chi connectivity index (χ3v) is 4.26. The molecule has 0 aromatic heterocycles. The highest BCUT2D eigenvalue weighted by Crippen LogP contribution is 2.00. The van der Waals surface area contributed by atoms with Gasteiger partial charge in [0, 0.05) is 38.0 Å². The van der Waals surface area contributed by atoms with Crippen LogP contribution in [-0.2, 0) is 29.9 Å². The molecule has 0 saturated heterocycles. The maximum atomic E-state index is 12.0. The molecule has 0 spiro atoms. The van der Waals surface area contributed by atoms with Gasteiger partial charge in [-0.1, -0.05) is 0 Å². The predicted octanol–water partition coefficient (Wildman–Crippen LogP) is -1.13. The van der Waals surface area contributed by atoms with Crippen LogP contribution in [0, 0.1) is 0 Å². The molecule has 2 amide bonds. The summed E-state index contributed by atoms with van der Waals surface area (Å²) in [6.07, 6.45) is 0.630. The molecule has 21 heavy (non-hydrogen) atoms. The number of carbonyl (C=O) groups is 3. The lowest BCUT2D eigenvalue weighted by Crippen LogP contribution is -2.46. The molecule has 0 aliphatic heterocycles. The highest BCUT2D eigenvalue weighted by Gasteiger charge is 2.27. The van der Waals surface area contributed by atoms with Crippen molar-refractivity contribution in [1.29, 1.82) is 0 Å². The van der Waals surface area contributed by atoms with Gasteiger partial charge >= 0.3 is 5.97 Å². The fourth-order valence-corrected chi connectivity index (χ4v) is 2.59. The van der Waals surface area contributed by atoms with Crippen LogP contribution in [0.4, 0.5) is 0 Å². The smallest absolute Gasteiger partial charge is 0.327 e. The molecular formula is C12H22N2O6S. The predicted molar refractivity (Wildman–Crippen MR) is 77.2 cm³/mol.